The van der Waals surface area contributed by atoms with E-state index >= 15 is 0 Å². The molecule has 2 rings (SSSR count). The molecule has 0 unspecified atom stereocenters. The summed E-state index contributed by atoms with van der Waals surface area (Å²) in [5, 5.41) is 3.30. The van der Waals surface area contributed by atoms with Gasteiger partial charge in [-0.25, -0.2) is 0 Å². The fraction of sp³-hybridized carbons (Fsp3) is 0.500. The number of hydrogen-bond donors (Lipinski definition) is 2. The zero-order valence-electron chi connectivity index (χ0n) is 12.5. The van der Waals surface area contributed by atoms with Gasteiger partial charge >= 0.3 is 0 Å². The van der Waals surface area contributed by atoms with Crippen LogP contribution in [0.3, 0.4) is 0 Å². The van der Waals surface area contributed by atoms with Crippen LogP contribution >= 0.6 is 0 Å². The van der Waals surface area contributed by atoms with E-state index in [0.717, 1.165) is 37.9 Å². The lowest BCUT2D eigenvalue weighted by Gasteiger charge is -2.25. The lowest BCUT2D eigenvalue weighted by atomic mass is 9.94. The van der Waals surface area contributed by atoms with Crippen LogP contribution in [0.5, 0.6) is 0 Å². The molecule has 0 spiro atoms. The van der Waals surface area contributed by atoms with Crippen LogP contribution in [-0.2, 0) is 17.8 Å². The van der Waals surface area contributed by atoms with Gasteiger partial charge in [-0.05, 0) is 36.6 Å². The Kier molecular flexibility index (Phi) is 5.33. The molecule has 0 aromatic heterocycles. The van der Waals surface area contributed by atoms with E-state index in [0.29, 0.717) is 12.1 Å². The zero-order valence-corrected chi connectivity index (χ0v) is 12.5. The summed E-state index contributed by atoms with van der Waals surface area (Å²) in [7, 11) is 0. The van der Waals surface area contributed by atoms with E-state index in [-0.39, 0.29) is 12.5 Å². The smallest absolute Gasteiger partial charge is 0.254 e. The van der Waals surface area contributed by atoms with Crippen molar-refractivity contribution in [3.8, 4) is 0 Å². The Morgan fingerprint density at radius 3 is 2.90 bits per heavy atom. The number of carbonyl (C=O) groups excluding carboxylic acids is 2. The van der Waals surface area contributed by atoms with Gasteiger partial charge in [0.2, 0.25) is 5.91 Å². The van der Waals surface area contributed by atoms with E-state index < -0.39 is 5.91 Å². The van der Waals surface area contributed by atoms with Crippen LogP contribution in [0.2, 0.25) is 0 Å². The first-order valence-corrected chi connectivity index (χ1v) is 7.52. The number of carbonyl (C=O) groups is 2. The highest BCUT2D eigenvalue weighted by molar-refractivity contribution is 5.98. The molecule has 2 amide bonds. The molecule has 1 aliphatic heterocycles. The molecule has 0 aliphatic carbocycles. The summed E-state index contributed by atoms with van der Waals surface area (Å²) in [4.78, 5) is 25.5. The van der Waals surface area contributed by atoms with E-state index in [1.165, 1.54) is 5.56 Å². The molecule has 1 aliphatic rings. The Bertz CT molecular complexity index is 528. The number of fused-ring (bicyclic) bond motifs is 1. The van der Waals surface area contributed by atoms with Crippen molar-refractivity contribution in [2.45, 2.75) is 32.7 Å². The summed E-state index contributed by atoms with van der Waals surface area (Å²) in [6, 6.07) is 5.80. The van der Waals surface area contributed by atoms with Gasteiger partial charge in [0.25, 0.3) is 5.91 Å². The Morgan fingerprint density at radius 2 is 2.19 bits per heavy atom. The average molecular weight is 289 g/mol. The number of primary amides is 1. The molecule has 21 heavy (non-hydrogen) atoms. The second-order valence-corrected chi connectivity index (χ2v) is 5.42. The fourth-order valence-corrected chi connectivity index (χ4v) is 2.69. The maximum Gasteiger partial charge on any atom is 0.254 e. The normalized spacial score (nSPS) is 13.6. The number of nitrogens with one attached hydrogen (secondary N) is 1. The fourth-order valence-electron chi connectivity index (χ4n) is 2.69. The standard InChI is InChI=1S/C16H23N3O2/c1-2-3-9-19(11-15(17)20)16(21)14-6-4-5-12-10-18-8-7-13(12)14/h4-6,18H,2-3,7-11H2,1H3,(H2,17,20). The molecular formula is C16H23N3O2. The highest BCUT2D eigenvalue weighted by Gasteiger charge is 2.22. The summed E-state index contributed by atoms with van der Waals surface area (Å²) in [5.41, 5.74) is 8.26. The highest BCUT2D eigenvalue weighted by Crippen LogP contribution is 2.20. The minimum absolute atomic E-state index is 0.0131. The van der Waals surface area contributed by atoms with E-state index in [9.17, 15) is 9.59 Å². The SMILES string of the molecule is CCCCN(CC(N)=O)C(=O)c1cccc2c1CCNC2. The first kappa shape index (κ1) is 15.5. The first-order chi connectivity index (χ1) is 10.1. The molecule has 1 aromatic carbocycles. The average Bonchev–Trinajstić information content (AvgIpc) is 2.50. The second-order valence-electron chi connectivity index (χ2n) is 5.42. The molecule has 1 heterocycles. The third-order valence-electron chi connectivity index (χ3n) is 3.79. The van der Waals surface area contributed by atoms with E-state index in [4.69, 9.17) is 5.73 Å². The molecule has 0 saturated heterocycles. The van der Waals surface area contributed by atoms with Gasteiger partial charge in [-0.3, -0.25) is 9.59 Å². The number of amides is 2. The van der Waals surface area contributed by atoms with Crippen LogP contribution in [-0.4, -0.2) is 36.3 Å². The molecule has 0 radical (unpaired) electrons. The van der Waals surface area contributed by atoms with Crippen LogP contribution in [0.4, 0.5) is 0 Å². The molecular weight excluding hydrogens is 266 g/mol. The molecule has 5 heteroatoms. The Labute approximate surface area is 125 Å². The van der Waals surface area contributed by atoms with Crippen molar-refractivity contribution in [3.05, 3.63) is 34.9 Å². The number of nitrogens with zero attached hydrogens (tertiary/aromatic N) is 1. The van der Waals surface area contributed by atoms with Crippen molar-refractivity contribution in [1.82, 2.24) is 10.2 Å². The van der Waals surface area contributed by atoms with E-state index in [1.807, 2.05) is 18.2 Å². The molecule has 5 nitrogen and oxygen atoms in total. The van der Waals surface area contributed by atoms with Gasteiger partial charge < -0.3 is 16.0 Å². The third kappa shape index (κ3) is 3.82. The van der Waals surface area contributed by atoms with Gasteiger partial charge in [0.05, 0.1) is 6.54 Å². The molecule has 3 N–H and O–H groups in total. The minimum atomic E-state index is -0.467. The summed E-state index contributed by atoms with van der Waals surface area (Å²) >= 11 is 0. The van der Waals surface area contributed by atoms with Gasteiger partial charge in [-0.1, -0.05) is 25.5 Å². The maximum atomic E-state index is 12.8. The molecule has 1 aromatic rings. The van der Waals surface area contributed by atoms with Gasteiger partial charge in [0, 0.05) is 18.7 Å². The van der Waals surface area contributed by atoms with Crippen molar-refractivity contribution in [2.75, 3.05) is 19.6 Å². The van der Waals surface area contributed by atoms with Crippen molar-refractivity contribution >= 4 is 11.8 Å². The third-order valence-corrected chi connectivity index (χ3v) is 3.79. The predicted molar refractivity (Wildman–Crippen MR) is 81.9 cm³/mol. The van der Waals surface area contributed by atoms with Crippen molar-refractivity contribution in [1.29, 1.82) is 0 Å². The Morgan fingerprint density at radius 1 is 1.38 bits per heavy atom. The Hall–Kier alpha value is -1.88. The second kappa shape index (κ2) is 7.22. The van der Waals surface area contributed by atoms with Crippen LogP contribution in [0.1, 0.15) is 41.3 Å². The van der Waals surface area contributed by atoms with Gasteiger partial charge in [-0.15, -0.1) is 0 Å². The van der Waals surface area contributed by atoms with E-state index in [1.54, 1.807) is 4.90 Å². The van der Waals surface area contributed by atoms with Gasteiger partial charge in [0.1, 0.15) is 0 Å². The Balaban J connectivity index is 2.25. The quantitative estimate of drug-likeness (QED) is 0.822. The molecule has 114 valence electrons. The molecule has 0 fully saturated rings. The van der Waals surface area contributed by atoms with Crippen molar-refractivity contribution in [3.63, 3.8) is 0 Å². The number of nitrogens with two attached hydrogens (primary N) is 1. The number of unbranched alkanes of at least 4 members (excludes halogenated alkanes) is 1. The number of benzene rings is 1. The van der Waals surface area contributed by atoms with Crippen LogP contribution < -0.4 is 11.1 Å². The van der Waals surface area contributed by atoms with Crippen molar-refractivity contribution in [2.24, 2.45) is 5.73 Å². The lowest BCUT2D eigenvalue weighted by molar-refractivity contribution is -0.118. The van der Waals surface area contributed by atoms with Crippen LogP contribution in [0.25, 0.3) is 0 Å². The predicted octanol–water partition coefficient (Wildman–Crippen LogP) is 1.06. The summed E-state index contributed by atoms with van der Waals surface area (Å²) in [5.74, 6) is -0.549. The number of rotatable bonds is 6. The summed E-state index contributed by atoms with van der Waals surface area (Å²) < 4.78 is 0. The topological polar surface area (TPSA) is 75.4 Å². The largest absolute Gasteiger partial charge is 0.368 e. The zero-order chi connectivity index (χ0) is 15.2. The molecule has 0 bridgehead atoms. The lowest BCUT2D eigenvalue weighted by Crippen LogP contribution is -2.40. The minimum Gasteiger partial charge on any atom is -0.368 e. The van der Waals surface area contributed by atoms with Crippen molar-refractivity contribution < 1.29 is 9.59 Å². The van der Waals surface area contributed by atoms with Crippen LogP contribution in [0, 0.1) is 0 Å². The van der Waals surface area contributed by atoms with Crippen LogP contribution in [0.15, 0.2) is 18.2 Å². The highest BCUT2D eigenvalue weighted by atomic mass is 16.2. The first-order valence-electron chi connectivity index (χ1n) is 7.52. The molecule has 0 saturated carbocycles. The van der Waals surface area contributed by atoms with Gasteiger partial charge in [0.15, 0.2) is 0 Å². The van der Waals surface area contributed by atoms with E-state index in [2.05, 4.69) is 12.2 Å². The molecule has 0 atom stereocenters. The number of hydrogen-bond acceptors (Lipinski definition) is 3. The summed E-state index contributed by atoms with van der Waals surface area (Å²) in [6.45, 7) is 4.28. The van der Waals surface area contributed by atoms with Gasteiger partial charge in [-0.2, -0.15) is 0 Å². The summed E-state index contributed by atoms with van der Waals surface area (Å²) in [6.07, 6.45) is 2.68. The monoisotopic (exact) mass is 289 g/mol. The maximum absolute atomic E-state index is 12.8.